The van der Waals surface area contributed by atoms with Crippen LogP contribution in [0, 0.1) is 5.41 Å². The Hall–Kier alpha value is -3.43. The van der Waals surface area contributed by atoms with E-state index in [2.05, 4.69) is 22.9 Å². The minimum Gasteiger partial charge on any atom is -0.479 e. The van der Waals surface area contributed by atoms with Crippen molar-refractivity contribution in [3.05, 3.63) is 59.7 Å². The van der Waals surface area contributed by atoms with E-state index >= 15 is 0 Å². The van der Waals surface area contributed by atoms with Crippen molar-refractivity contribution in [1.29, 1.82) is 0 Å². The summed E-state index contributed by atoms with van der Waals surface area (Å²) in [5.41, 5.74) is 5.87. The molecule has 2 aromatic rings. The smallest absolute Gasteiger partial charge is 0.407 e. The highest BCUT2D eigenvalue weighted by Crippen LogP contribution is 2.46. The fourth-order valence-corrected chi connectivity index (χ4v) is 4.07. The molecule has 9 nitrogen and oxygen atoms in total. The fraction of sp³-hybridized carbons (Fsp3) is 0.375. The van der Waals surface area contributed by atoms with Crippen LogP contribution in [0.1, 0.15) is 29.9 Å². The molecule has 2 aromatic carbocycles. The van der Waals surface area contributed by atoms with Gasteiger partial charge in [-0.3, -0.25) is 9.63 Å². The molecule has 0 bridgehead atoms. The van der Waals surface area contributed by atoms with E-state index in [1.807, 2.05) is 36.4 Å². The molecule has 9 heteroatoms. The van der Waals surface area contributed by atoms with Crippen molar-refractivity contribution in [2.75, 3.05) is 26.9 Å². The van der Waals surface area contributed by atoms with Crippen molar-refractivity contribution < 1.29 is 33.8 Å². The number of ether oxygens (including phenoxy) is 2. The predicted octanol–water partition coefficient (Wildman–Crippen LogP) is 2.45. The van der Waals surface area contributed by atoms with Crippen LogP contribution in [-0.2, 0) is 23.9 Å². The van der Waals surface area contributed by atoms with Crippen LogP contribution in [0.2, 0.25) is 0 Å². The van der Waals surface area contributed by atoms with Gasteiger partial charge in [-0.1, -0.05) is 48.5 Å². The number of carboxylic acid groups (broad SMARTS) is 1. The minimum absolute atomic E-state index is 0.0523. The summed E-state index contributed by atoms with van der Waals surface area (Å²) in [6.07, 6.45) is -0.827. The minimum atomic E-state index is -1.31. The number of hydrogen-bond acceptors (Lipinski definition) is 6. The third kappa shape index (κ3) is 4.84. The second-order valence-electron chi connectivity index (χ2n) is 8.29. The number of amides is 2. The number of aliphatic carboxylic acids is 1. The number of carboxylic acids is 1. The maximum absolute atomic E-state index is 12.5. The van der Waals surface area contributed by atoms with Crippen LogP contribution < -0.4 is 10.8 Å². The second kappa shape index (κ2) is 9.60. The van der Waals surface area contributed by atoms with Crippen molar-refractivity contribution in [3.63, 3.8) is 0 Å². The van der Waals surface area contributed by atoms with Crippen molar-refractivity contribution in [2.45, 2.75) is 24.9 Å². The maximum Gasteiger partial charge on any atom is 0.407 e. The van der Waals surface area contributed by atoms with Gasteiger partial charge in [0.15, 0.2) is 0 Å². The summed E-state index contributed by atoms with van der Waals surface area (Å²) in [7, 11) is 1.34. The van der Waals surface area contributed by atoms with Crippen molar-refractivity contribution >= 4 is 18.0 Å². The average Bonchev–Trinajstić information content (AvgIpc) is 3.55. The number of benzene rings is 2. The van der Waals surface area contributed by atoms with Gasteiger partial charge in [0.05, 0.1) is 12.0 Å². The first kappa shape index (κ1) is 22.8. The first-order valence-corrected chi connectivity index (χ1v) is 10.7. The van der Waals surface area contributed by atoms with E-state index in [0.29, 0.717) is 12.8 Å². The van der Waals surface area contributed by atoms with Crippen LogP contribution in [-0.4, -0.2) is 56.0 Å². The topological polar surface area (TPSA) is 123 Å². The molecule has 0 spiro atoms. The van der Waals surface area contributed by atoms with Gasteiger partial charge in [0.25, 0.3) is 5.91 Å². The van der Waals surface area contributed by atoms with Crippen molar-refractivity contribution in [3.8, 4) is 11.1 Å². The molecule has 2 amide bonds. The molecule has 0 radical (unpaired) electrons. The van der Waals surface area contributed by atoms with Gasteiger partial charge in [0.2, 0.25) is 6.10 Å². The Labute approximate surface area is 191 Å². The monoisotopic (exact) mass is 454 g/mol. The summed E-state index contributed by atoms with van der Waals surface area (Å²) < 4.78 is 10.3. The molecule has 2 aliphatic carbocycles. The zero-order valence-corrected chi connectivity index (χ0v) is 18.2. The van der Waals surface area contributed by atoms with Crippen molar-refractivity contribution in [1.82, 2.24) is 10.8 Å². The Balaban J connectivity index is 1.29. The lowest BCUT2D eigenvalue weighted by Gasteiger charge is -2.19. The molecule has 0 aliphatic heterocycles. The van der Waals surface area contributed by atoms with E-state index in [0.717, 1.165) is 22.3 Å². The average molecular weight is 454 g/mol. The number of methoxy groups -OCH3 is 1. The number of hydrogen-bond donors (Lipinski definition) is 3. The van der Waals surface area contributed by atoms with Gasteiger partial charge in [-0.25, -0.2) is 15.1 Å². The van der Waals surface area contributed by atoms with E-state index in [-0.39, 0.29) is 25.7 Å². The SMILES string of the molecule is COCC(ONC(=O)C1(CNC(=O)OCC2c3ccccc3-c3ccccc32)CC1)C(=O)O. The Bertz CT molecular complexity index is 1010. The summed E-state index contributed by atoms with van der Waals surface area (Å²) >= 11 is 0. The molecular formula is C24H26N2O7. The number of nitrogens with one attached hydrogen (secondary N) is 2. The quantitative estimate of drug-likeness (QED) is 0.471. The molecule has 4 rings (SSSR count). The summed E-state index contributed by atoms with van der Waals surface area (Å²) in [4.78, 5) is 40.9. The van der Waals surface area contributed by atoms with E-state index in [9.17, 15) is 14.4 Å². The fourth-order valence-electron chi connectivity index (χ4n) is 4.07. The summed E-state index contributed by atoms with van der Waals surface area (Å²) in [5.74, 6) is -1.79. The van der Waals surface area contributed by atoms with Gasteiger partial charge in [-0.05, 0) is 35.1 Å². The Kier molecular flexibility index (Phi) is 6.62. The van der Waals surface area contributed by atoms with Crippen LogP contribution >= 0.6 is 0 Å². The normalized spacial score (nSPS) is 16.3. The van der Waals surface area contributed by atoms with Gasteiger partial charge in [-0.15, -0.1) is 0 Å². The zero-order valence-electron chi connectivity index (χ0n) is 18.2. The molecule has 33 heavy (non-hydrogen) atoms. The highest BCUT2D eigenvalue weighted by Gasteiger charge is 2.50. The molecule has 1 fully saturated rings. The van der Waals surface area contributed by atoms with E-state index in [1.54, 1.807) is 0 Å². The molecular weight excluding hydrogens is 428 g/mol. The third-order valence-electron chi connectivity index (χ3n) is 6.14. The molecule has 2 aliphatic rings. The molecule has 0 heterocycles. The van der Waals surface area contributed by atoms with Crippen LogP contribution in [0.5, 0.6) is 0 Å². The standard InChI is InChI=1S/C24H26N2O7/c1-31-13-20(21(27)28)33-26-22(29)24(10-11-24)14-25-23(30)32-12-19-17-8-4-2-6-15(17)16-7-3-5-9-18(16)19/h2-9,19-20H,10-14H2,1H3,(H,25,30)(H,26,29)(H,27,28). The van der Waals surface area contributed by atoms with Crippen LogP contribution in [0.3, 0.4) is 0 Å². The van der Waals surface area contributed by atoms with Gasteiger partial charge < -0.3 is 19.9 Å². The Morgan fingerprint density at radius 3 is 2.21 bits per heavy atom. The van der Waals surface area contributed by atoms with Gasteiger partial charge >= 0.3 is 12.1 Å². The van der Waals surface area contributed by atoms with Gasteiger partial charge in [0, 0.05) is 19.6 Å². The first-order valence-electron chi connectivity index (χ1n) is 10.7. The lowest BCUT2D eigenvalue weighted by molar-refractivity contribution is -0.166. The van der Waals surface area contributed by atoms with Crippen molar-refractivity contribution in [2.24, 2.45) is 5.41 Å². The molecule has 0 aromatic heterocycles. The molecule has 174 valence electrons. The molecule has 3 N–H and O–H groups in total. The molecule has 1 atom stereocenters. The van der Waals surface area contributed by atoms with Crippen LogP contribution in [0.25, 0.3) is 11.1 Å². The number of fused-ring (bicyclic) bond motifs is 3. The molecule has 0 saturated heterocycles. The molecule has 1 saturated carbocycles. The third-order valence-corrected chi connectivity index (χ3v) is 6.14. The number of carbonyl (C=O) groups is 3. The summed E-state index contributed by atoms with van der Waals surface area (Å²) in [5, 5.41) is 11.7. The number of rotatable bonds is 10. The lowest BCUT2D eigenvalue weighted by atomic mass is 9.98. The Morgan fingerprint density at radius 1 is 1.06 bits per heavy atom. The Morgan fingerprint density at radius 2 is 1.67 bits per heavy atom. The maximum atomic E-state index is 12.5. The second-order valence-corrected chi connectivity index (χ2v) is 8.29. The zero-order chi connectivity index (χ0) is 23.4. The highest BCUT2D eigenvalue weighted by molar-refractivity contribution is 5.85. The predicted molar refractivity (Wildman–Crippen MR) is 117 cm³/mol. The van der Waals surface area contributed by atoms with E-state index in [1.165, 1.54) is 7.11 Å². The number of carbonyl (C=O) groups excluding carboxylic acids is 2. The van der Waals surface area contributed by atoms with Crippen LogP contribution in [0.4, 0.5) is 4.79 Å². The lowest BCUT2D eigenvalue weighted by Crippen LogP contribution is -2.44. The van der Waals surface area contributed by atoms with E-state index in [4.69, 9.17) is 19.4 Å². The number of hydroxylamine groups is 1. The van der Waals surface area contributed by atoms with Crippen LogP contribution in [0.15, 0.2) is 48.5 Å². The highest BCUT2D eigenvalue weighted by atomic mass is 16.7. The van der Waals surface area contributed by atoms with Gasteiger partial charge in [0.1, 0.15) is 6.61 Å². The summed E-state index contributed by atoms with van der Waals surface area (Å²) in [6.45, 7) is 0.0426. The van der Waals surface area contributed by atoms with E-state index < -0.39 is 29.5 Å². The first-order chi connectivity index (χ1) is 15.9. The van der Waals surface area contributed by atoms with Gasteiger partial charge in [-0.2, -0.15) is 0 Å². The number of alkyl carbamates (subject to hydrolysis) is 1. The largest absolute Gasteiger partial charge is 0.479 e. The molecule has 1 unspecified atom stereocenters. The summed E-state index contributed by atoms with van der Waals surface area (Å²) in [6, 6.07) is 16.1.